The molecule has 0 bridgehead atoms. The summed E-state index contributed by atoms with van der Waals surface area (Å²) >= 11 is 0. The second-order valence-electron chi connectivity index (χ2n) is 7.44. The first kappa shape index (κ1) is 17.7. The smallest absolute Gasteiger partial charge is 0.275 e. The van der Waals surface area contributed by atoms with Crippen molar-refractivity contribution in [2.75, 3.05) is 18.0 Å². The number of amidine groups is 1. The number of nitro benzene ring substituents is 1. The van der Waals surface area contributed by atoms with Gasteiger partial charge in [-0.25, -0.2) is 0 Å². The Hall–Kier alpha value is -2.73. The molecule has 0 radical (unpaired) electrons. The topological polar surface area (TPSA) is 69.6 Å². The molecule has 1 atom stereocenters. The van der Waals surface area contributed by atoms with E-state index in [-0.39, 0.29) is 5.69 Å². The van der Waals surface area contributed by atoms with E-state index in [0.29, 0.717) is 12.1 Å². The maximum Gasteiger partial charge on any atom is 0.275 e. The minimum atomic E-state index is -1.24. The average Bonchev–Trinajstić information content (AvgIpc) is 2.79. The molecule has 0 aliphatic carbocycles. The van der Waals surface area contributed by atoms with E-state index < -0.39 is 10.6 Å². The van der Waals surface area contributed by atoms with Crippen LogP contribution in [-0.4, -0.2) is 33.5 Å². The highest BCUT2D eigenvalue weighted by atomic mass is 16.6. The van der Waals surface area contributed by atoms with Gasteiger partial charge in [0.15, 0.2) is 6.54 Å². The molecule has 0 spiro atoms. The van der Waals surface area contributed by atoms with E-state index in [9.17, 15) is 15.2 Å². The Kier molecular flexibility index (Phi) is 4.44. The van der Waals surface area contributed by atoms with Crippen LogP contribution in [0.1, 0.15) is 36.8 Å². The highest BCUT2D eigenvalue weighted by Gasteiger charge is 2.54. The lowest BCUT2D eigenvalue weighted by atomic mass is 9.99. The third kappa shape index (κ3) is 3.10. The number of anilines is 1. The summed E-state index contributed by atoms with van der Waals surface area (Å²) in [6.45, 7) is 3.43. The van der Waals surface area contributed by atoms with Crippen LogP contribution in [0.5, 0.6) is 0 Å². The molecule has 2 aliphatic heterocycles. The molecule has 2 aromatic rings. The third-order valence-electron chi connectivity index (χ3n) is 5.57. The van der Waals surface area contributed by atoms with Crippen LogP contribution >= 0.6 is 0 Å². The van der Waals surface area contributed by atoms with Crippen molar-refractivity contribution in [2.24, 2.45) is 0 Å². The summed E-state index contributed by atoms with van der Waals surface area (Å²) in [5.74, 6) is 1.14. The first-order chi connectivity index (χ1) is 13.0. The molecule has 0 aromatic heterocycles. The molecular weight excluding hydrogens is 342 g/mol. The van der Waals surface area contributed by atoms with Gasteiger partial charge in [0.1, 0.15) is 5.69 Å². The van der Waals surface area contributed by atoms with E-state index in [4.69, 9.17) is 0 Å². The first-order valence-corrected chi connectivity index (χ1v) is 9.44. The van der Waals surface area contributed by atoms with Crippen molar-refractivity contribution < 1.29 is 14.6 Å². The molecule has 0 fully saturated rings. The molecule has 2 heterocycles. The standard InChI is InChI=1S/C21H24N3O3/c1-16-6-10-18(11-7-16)23-20-5-3-2-4-14-22(20)15-21(23,25)17-8-12-19(13-9-17)24(26)27/h6-13,25H,2-5,14-15H2,1H3/q+1/t21-/m0/s1. The molecule has 6 nitrogen and oxygen atoms in total. The van der Waals surface area contributed by atoms with Crippen molar-refractivity contribution in [3.05, 3.63) is 69.8 Å². The summed E-state index contributed by atoms with van der Waals surface area (Å²) in [5, 5.41) is 22.8. The number of hydrogen-bond donors (Lipinski definition) is 1. The van der Waals surface area contributed by atoms with Gasteiger partial charge < -0.3 is 5.11 Å². The maximum absolute atomic E-state index is 11.8. The van der Waals surface area contributed by atoms with E-state index in [1.165, 1.54) is 24.1 Å². The van der Waals surface area contributed by atoms with Crippen molar-refractivity contribution >= 4 is 17.2 Å². The average molecular weight is 366 g/mol. The van der Waals surface area contributed by atoms with Crippen LogP contribution in [0.3, 0.4) is 0 Å². The van der Waals surface area contributed by atoms with Gasteiger partial charge in [0.25, 0.3) is 17.2 Å². The molecule has 140 valence electrons. The van der Waals surface area contributed by atoms with Crippen LogP contribution in [-0.2, 0) is 5.72 Å². The van der Waals surface area contributed by atoms with Crippen LogP contribution in [0.15, 0.2) is 48.5 Å². The number of hydrogen-bond acceptors (Lipinski definition) is 4. The number of benzene rings is 2. The van der Waals surface area contributed by atoms with Gasteiger partial charge in [0, 0.05) is 24.1 Å². The molecule has 2 aliphatic rings. The van der Waals surface area contributed by atoms with Crippen molar-refractivity contribution in [2.45, 2.75) is 38.3 Å². The Morgan fingerprint density at radius 1 is 1.07 bits per heavy atom. The van der Waals surface area contributed by atoms with Gasteiger partial charge >= 0.3 is 0 Å². The largest absolute Gasteiger partial charge is 0.346 e. The Morgan fingerprint density at radius 3 is 2.44 bits per heavy atom. The lowest BCUT2D eigenvalue weighted by molar-refractivity contribution is -0.534. The molecule has 0 saturated heterocycles. The van der Waals surface area contributed by atoms with Gasteiger partial charge in [-0.15, -0.1) is 0 Å². The molecular formula is C21H24N3O3+. The van der Waals surface area contributed by atoms with Crippen LogP contribution in [0.25, 0.3) is 0 Å². The minimum absolute atomic E-state index is 0.0319. The second kappa shape index (κ2) is 6.78. The molecule has 27 heavy (non-hydrogen) atoms. The zero-order valence-electron chi connectivity index (χ0n) is 15.5. The Labute approximate surface area is 158 Å². The fraction of sp³-hybridized carbons (Fsp3) is 0.381. The molecule has 0 saturated carbocycles. The zero-order chi connectivity index (χ0) is 19.0. The van der Waals surface area contributed by atoms with E-state index >= 15 is 0 Å². The highest BCUT2D eigenvalue weighted by Crippen LogP contribution is 2.38. The van der Waals surface area contributed by atoms with E-state index in [0.717, 1.165) is 37.3 Å². The fourth-order valence-corrected chi connectivity index (χ4v) is 4.15. The summed E-state index contributed by atoms with van der Waals surface area (Å²) < 4.78 is 2.27. The lowest BCUT2D eigenvalue weighted by Crippen LogP contribution is -2.47. The second-order valence-corrected chi connectivity index (χ2v) is 7.44. The molecule has 2 aromatic carbocycles. The predicted molar refractivity (Wildman–Crippen MR) is 104 cm³/mol. The summed E-state index contributed by atoms with van der Waals surface area (Å²) in [5.41, 5.74) is 1.58. The van der Waals surface area contributed by atoms with Gasteiger partial charge in [-0.05, 0) is 50.5 Å². The van der Waals surface area contributed by atoms with Crippen molar-refractivity contribution in [3.63, 3.8) is 0 Å². The van der Waals surface area contributed by atoms with Gasteiger partial charge in [0.05, 0.1) is 11.5 Å². The number of non-ortho nitro benzene ring substituents is 1. The summed E-state index contributed by atoms with van der Waals surface area (Å²) in [4.78, 5) is 12.6. The summed E-state index contributed by atoms with van der Waals surface area (Å²) in [6, 6.07) is 14.4. The van der Waals surface area contributed by atoms with E-state index in [1.54, 1.807) is 12.1 Å². The highest BCUT2D eigenvalue weighted by molar-refractivity contribution is 5.97. The van der Waals surface area contributed by atoms with Gasteiger partial charge in [-0.3, -0.25) is 14.7 Å². The third-order valence-corrected chi connectivity index (χ3v) is 5.57. The van der Waals surface area contributed by atoms with Crippen LogP contribution in [0, 0.1) is 17.0 Å². The Morgan fingerprint density at radius 2 is 1.78 bits per heavy atom. The summed E-state index contributed by atoms with van der Waals surface area (Å²) in [7, 11) is 0. The van der Waals surface area contributed by atoms with Crippen LogP contribution < -0.4 is 4.90 Å². The Bertz CT molecular complexity index is 890. The molecule has 0 amide bonds. The lowest BCUT2D eigenvalue weighted by Gasteiger charge is -2.29. The van der Waals surface area contributed by atoms with Gasteiger partial charge in [-0.2, -0.15) is 4.90 Å². The maximum atomic E-state index is 11.8. The van der Waals surface area contributed by atoms with Gasteiger partial charge in [-0.1, -0.05) is 17.7 Å². The first-order valence-electron chi connectivity index (χ1n) is 9.44. The number of rotatable bonds is 3. The van der Waals surface area contributed by atoms with Crippen molar-refractivity contribution in [1.82, 2.24) is 0 Å². The summed E-state index contributed by atoms with van der Waals surface area (Å²) in [6.07, 6.45) is 4.33. The molecule has 4 rings (SSSR count). The number of nitrogens with zero attached hydrogens (tertiary/aromatic N) is 3. The number of aryl methyl sites for hydroxylation is 1. The molecule has 1 N–H and O–H groups in total. The number of nitro groups is 1. The predicted octanol–water partition coefficient (Wildman–Crippen LogP) is 3.55. The van der Waals surface area contributed by atoms with Crippen molar-refractivity contribution in [3.8, 4) is 0 Å². The van der Waals surface area contributed by atoms with E-state index in [1.807, 2.05) is 36.1 Å². The van der Waals surface area contributed by atoms with Crippen molar-refractivity contribution in [1.29, 1.82) is 0 Å². The van der Waals surface area contributed by atoms with E-state index in [2.05, 4.69) is 4.58 Å². The molecule has 6 heteroatoms. The number of aliphatic hydroxyl groups is 1. The fourth-order valence-electron chi connectivity index (χ4n) is 4.15. The van der Waals surface area contributed by atoms with Crippen LogP contribution in [0.4, 0.5) is 11.4 Å². The minimum Gasteiger partial charge on any atom is -0.346 e. The van der Waals surface area contributed by atoms with Crippen LogP contribution in [0.2, 0.25) is 0 Å². The monoisotopic (exact) mass is 366 g/mol. The zero-order valence-corrected chi connectivity index (χ0v) is 15.5. The SMILES string of the molecule is Cc1ccc(N2C3=[N+](CCCCC3)C[C@]2(O)c2ccc([N+](=O)[O-])cc2)cc1. The normalized spacial score (nSPS) is 22.5. The molecule has 0 unspecified atom stereocenters. The quantitative estimate of drug-likeness (QED) is 0.512. The Balaban J connectivity index is 1.80. The van der Waals surface area contributed by atoms with Gasteiger partial charge in [0.2, 0.25) is 0 Å².